The first-order chi connectivity index (χ1) is 8.13. The Morgan fingerprint density at radius 1 is 1.35 bits per heavy atom. The summed E-state index contributed by atoms with van der Waals surface area (Å²) in [7, 11) is 1.26. The second kappa shape index (κ2) is 4.81. The Morgan fingerprint density at radius 2 is 2.06 bits per heavy atom. The highest BCUT2D eigenvalue weighted by Crippen LogP contribution is 2.34. The molecule has 0 aromatic heterocycles. The number of methoxy groups -OCH3 is 1. The van der Waals surface area contributed by atoms with Crippen LogP contribution in [0.3, 0.4) is 0 Å². The molecule has 3 unspecified atom stereocenters. The summed E-state index contributed by atoms with van der Waals surface area (Å²) in [5.41, 5.74) is 0.298. The lowest BCUT2D eigenvalue weighted by atomic mass is 10.0. The molecule has 4 nitrogen and oxygen atoms in total. The van der Waals surface area contributed by atoms with Crippen molar-refractivity contribution >= 4 is 5.97 Å². The summed E-state index contributed by atoms with van der Waals surface area (Å²) in [4.78, 5) is 11.5. The van der Waals surface area contributed by atoms with Gasteiger partial charge in [-0.25, -0.2) is 9.18 Å². The van der Waals surface area contributed by atoms with E-state index in [1.807, 2.05) is 0 Å². The monoisotopic (exact) mass is 240 g/mol. The molecule has 0 saturated carbocycles. The van der Waals surface area contributed by atoms with E-state index in [0.29, 0.717) is 5.56 Å². The molecule has 1 aromatic carbocycles. The molecule has 3 atom stereocenters. The minimum Gasteiger partial charge on any atom is -0.467 e. The van der Waals surface area contributed by atoms with E-state index in [4.69, 9.17) is 9.47 Å². The van der Waals surface area contributed by atoms with Crippen LogP contribution in [0, 0.1) is 5.82 Å². The van der Waals surface area contributed by atoms with Gasteiger partial charge in [0.1, 0.15) is 11.9 Å². The summed E-state index contributed by atoms with van der Waals surface area (Å²) in [6, 6.07) is 6.14. The third kappa shape index (κ3) is 2.30. The molecule has 5 heteroatoms. The van der Waals surface area contributed by atoms with Crippen LogP contribution < -0.4 is 0 Å². The Labute approximate surface area is 98.3 Å². The fraction of sp³-hybridized carbons (Fsp3) is 0.417. The topological polar surface area (TPSA) is 44.8 Å². The van der Waals surface area contributed by atoms with Crippen molar-refractivity contribution in [1.82, 2.24) is 0 Å². The average Bonchev–Trinajstić information content (AvgIpc) is 2.71. The van der Waals surface area contributed by atoms with E-state index in [1.165, 1.54) is 13.2 Å². The summed E-state index contributed by atoms with van der Waals surface area (Å²) in [5.74, 6) is -0.994. The average molecular weight is 240 g/mol. The Balaban J connectivity index is 2.30. The number of carbonyl (C=O) groups is 1. The molecule has 0 N–H and O–H groups in total. The van der Waals surface area contributed by atoms with E-state index in [2.05, 4.69) is 4.74 Å². The lowest BCUT2D eigenvalue weighted by molar-refractivity contribution is -0.153. The first-order valence-electron chi connectivity index (χ1n) is 5.26. The molecule has 1 heterocycles. The molecule has 0 spiro atoms. The van der Waals surface area contributed by atoms with Gasteiger partial charge in [-0.3, -0.25) is 0 Å². The molecule has 1 fully saturated rings. The van der Waals surface area contributed by atoms with Gasteiger partial charge in [0.25, 0.3) is 0 Å². The van der Waals surface area contributed by atoms with Crippen LogP contribution in [0.25, 0.3) is 0 Å². The van der Waals surface area contributed by atoms with Gasteiger partial charge in [-0.15, -0.1) is 0 Å². The highest BCUT2D eigenvalue weighted by Gasteiger charge is 2.41. The molecular formula is C12H13FO4. The van der Waals surface area contributed by atoms with Gasteiger partial charge in [-0.1, -0.05) is 18.2 Å². The molecule has 1 aliphatic rings. The van der Waals surface area contributed by atoms with Gasteiger partial charge in [0.15, 0.2) is 12.4 Å². The maximum atomic E-state index is 13.6. The quantitative estimate of drug-likeness (QED) is 0.739. The van der Waals surface area contributed by atoms with E-state index < -0.39 is 30.3 Å². The van der Waals surface area contributed by atoms with E-state index in [0.717, 1.165) is 0 Å². The van der Waals surface area contributed by atoms with Gasteiger partial charge >= 0.3 is 5.97 Å². The van der Waals surface area contributed by atoms with Crippen molar-refractivity contribution in [3.63, 3.8) is 0 Å². The SMILES string of the molecule is COC(=O)C1OC(C)OC1c1ccccc1F. The second-order valence-corrected chi connectivity index (χ2v) is 3.73. The van der Waals surface area contributed by atoms with Crippen molar-refractivity contribution < 1.29 is 23.4 Å². The van der Waals surface area contributed by atoms with Gasteiger partial charge in [0.05, 0.1) is 7.11 Å². The first-order valence-corrected chi connectivity index (χ1v) is 5.26. The molecule has 0 aliphatic carbocycles. The van der Waals surface area contributed by atoms with Crippen LogP contribution in [-0.4, -0.2) is 25.5 Å². The maximum absolute atomic E-state index is 13.6. The fourth-order valence-electron chi connectivity index (χ4n) is 1.83. The number of rotatable bonds is 2. The summed E-state index contributed by atoms with van der Waals surface area (Å²) >= 11 is 0. The number of hydrogen-bond acceptors (Lipinski definition) is 4. The molecule has 1 saturated heterocycles. The highest BCUT2D eigenvalue weighted by atomic mass is 19.1. The second-order valence-electron chi connectivity index (χ2n) is 3.73. The standard InChI is InChI=1S/C12H13FO4/c1-7-16-10(11(17-7)12(14)15-2)8-5-3-4-6-9(8)13/h3-7,10-11H,1-2H3. The molecular weight excluding hydrogens is 227 g/mol. The molecule has 2 rings (SSSR count). The highest BCUT2D eigenvalue weighted by molar-refractivity contribution is 5.76. The third-order valence-electron chi connectivity index (χ3n) is 2.60. The molecule has 0 amide bonds. The van der Waals surface area contributed by atoms with Crippen LogP contribution >= 0.6 is 0 Å². The molecule has 1 aromatic rings. The van der Waals surface area contributed by atoms with Crippen LogP contribution in [0.15, 0.2) is 24.3 Å². The van der Waals surface area contributed by atoms with E-state index >= 15 is 0 Å². The van der Waals surface area contributed by atoms with Crippen molar-refractivity contribution in [3.05, 3.63) is 35.6 Å². The number of esters is 1. The van der Waals surface area contributed by atoms with Crippen molar-refractivity contribution in [2.45, 2.75) is 25.4 Å². The lowest BCUT2D eigenvalue weighted by Crippen LogP contribution is -2.27. The third-order valence-corrected chi connectivity index (χ3v) is 2.60. The van der Waals surface area contributed by atoms with Gasteiger partial charge in [0.2, 0.25) is 0 Å². The van der Waals surface area contributed by atoms with Gasteiger partial charge in [-0.05, 0) is 13.0 Å². The number of carbonyl (C=O) groups excluding carboxylic acids is 1. The number of halogens is 1. The van der Waals surface area contributed by atoms with E-state index in [1.54, 1.807) is 25.1 Å². The zero-order valence-electron chi connectivity index (χ0n) is 9.55. The predicted octanol–water partition coefficient (Wildman–Crippen LogP) is 1.80. The molecule has 1 aliphatic heterocycles. The first kappa shape index (κ1) is 12.0. The fourth-order valence-corrected chi connectivity index (χ4v) is 1.83. The van der Waals surface area contributed by atoms with Crippen LogP contribution in [0.2, 0.25) is 0 Å². The normalized spacial score (nSPS) is 28.1. The Bertz CT molecular complexity index is 421. The van der Waals surface area contributed by atoms with Crippen molar-refractivity contribution in [1.29, 1.82) is 0 Å². The van der Waals surface area contributed by atoms with Gasteiger partial charge < -0.3 is 14.2 Å². The van der Waals surface area contributed by atoms with Crippen LogP contribution in [0.1, 0.15) is 18.6 Å². The molecule has 92 valence electrons. The minimum absolute atomic E-state index is 0.298. The maximum Gasteiger partial charge on any atom is 0.338 e. The zero-order chi connectivity index (χ0) is 12.4. The largest absolute Gasteiger partial charge is 0.467 e. The van der Waals surface area contributed by atoms with Crippen LogP contribution in [-0.2, 0) is 19.0 Å². The van der Waals surface area contributed by atoms with Crippen molar-refractivity contribution in [2.24, 2.45) is 0 Å². The summed E-state index contributed by atoms with van der Waals surface area (Å²) in [5, 5.41) is 0. The number of benzene rings is 1. The number of ether oxygens (including phenoxy) is 3. The van der Waals surface area contributed by atoms with E-state index in [9.17, 15) is 9.18 Å². The summed E-state index contributed by atoms with van der Waals surface area (Å²) < 4.78 is 28.9. The zero-order valence-corrected chi connectivity index (χ0v) is 9.55. The van der Waals surface area contributed by atoms with Gasteiger partial charge in [0, 0.05) is 5.56 Å². The van der Waals surface area contributed by atoms with Gasteiger partial charge in [-0.2, -0.15) is 0 Å². The summed E-state index contributed by atoms with van der Waals surface area (Å²) in [6.07, 6.45) is -2.26. The molecule has 0 radical (unpaired) electrons. The summed E-state index contributed by atoms with van der Waals surface area (Å²) in [6.45, 7) is 1.65. The molecule has 0 bridgehead atoms. The Hall–Kier alpha value is -1.46. The minimum atomic E-state index is -0.924. The predicted molar refractivity (Wildman–Crippen MR) is 56.6 cm³/mol. The van der Waals surface area contributed by atoms with Crippen molar-refractivity contribution in [2.75, 3.05) is 7.11 Å². The smallest absolute Gasteiger partial charge is 0.338 e. The van der Waals surface area contributed by atoms with Crippen LogP contribution in [0.4, 0.5) is 4.39 Å². The van der Waals surface area contributed by atoms with Crippen molar-refractivity contribution in [3.8, 4) is 0 Å². The van der Waals surface area contributed by atoms with Crippen LogP contribution in [0.5, 0.6) is 0 Å². The lowest BCUT2D eigenvalue weighted by Gasteiger charge is -2.15. The molecule has 17 heavy (non-hydrogen) atoms. The Kier molecular flexibility index (Phi) is 3.40. The van der Waals surface area contributed by atoms with E-state index in [-0.39, 0.29) is 0 Å². The number of hydrogen-bond donors (Lipinski definition) is 0. The Morgan fingerprint density at radius 3 is 2.71 bits per heavy atom.